The molecule has 1 saturated heterocycles. The number of hydrogen-bond donors (Lipinski definition) is 2. The molecule has 3 rings (SSSR count). The number of halogens is 2. The monoisotopic (exact) mass is 513 g/mol. The number of nitrogens with one attached hydrogen (secondary N) is 1. The van der Waals surface area contributed by atoms with Gasteiger partial charge >= 0.3 is 0 Å². The predicted octanol–water partition coefficient (Wildman–Crippen LogP) is 4.22. The van der Waals surface area contributed by atoms with Crippen molar-refractivity contribution in [3.63, 3.8) is 0 Å². The van der Waals surface area contributed by atoms with E-state index in [1.807, 2.05) is 18.2 Å². The molecule has 9 heteroatoms. The van der Waals surface area contributed by atoms with E-state index in [0.29, 0.717) is 29.0 Å². The molecule has 0 saturated carbocycles. The molecule has 0 aliphatic carbocycles. The van der Waals surface area contributed by atoms with E-state index in [-0.39, 0.29) is 42.5 Å². The van der Waals surface area contributed by atoms with Gasteiger partial charge in [-0.15, -0.1) is 24.8 Å². The minimum Gasteiger partial charge on any atom is -0.508 e. The van der Waals surface area contributed by atoms with Crippen molar-refractivity contribution < 1.29 is 19.4 Å². The molecule has 0 bridgehead atoms. The van der Waals surface area contributed by atoms with Crippen LogP contribution >= 0.6 is 24.8 Å². The van der Waals surface area contributed by atoms with Crippen molar-refractivity contribution in [1.82, 2.24) is 10.2 Å². The molecule has 1 aliphatic heterocycles. The fourth-order valence-electron chi connectivity index (χ4n) is 4.18. The maximum absolute atomic E-state index is 12.9. The van der Waals surface area contributed by atoms with Gasteiger partial charge < -0.3 is 24.8 Å². The molecule has 1 fully saturated rings. The summed E-state index contributed by atoms with van der Waals surface area (Å²) in [7, 11) is 3.14. The lowest BCUT2D eigenvalue weighted by molar-refractivity contribution is 0.0902. The number of carbonyl (C=O) groups excluding carboxylic acids is 1. The van der Waals surface area contributed by atoms with Crippen LogP contribution in [0.15, 0.2) is 42.5 Å². The number of ether oxygens (including phenoxy) is 2. The van der Waals surface area contributed by atoms with Crippen LogP contribution in [0.25, 0.3) is 0 Å². The van der Waals surface area contributed by atoms with E-state index in [9.17, 15) is 9.90 Å². The highest BCUT2D eigenvalue weighted by Crippen LogP contribution is 2.28. The third kappa shape index (κ3) is 7.32. The summed E-state index contributed by atoms with van der Waals surface area (Å²) in [5.41, 5.74) is 1.59. The minimum absolute atomic E-state index is 0. The van der Waals surface area contributed by atoms with Crippen molar-refractivity contribution in [1.29, 1.82) is 0 Å². The van der Waals surface area contributed by atoms with Crippen LogP contribution in [0.4, 0.5) is 5.69 Å². The van der Waals surface area contributed by atoms with Gasteiger partial charge in [0.05, 0.1) is 14.2 Å². The van der Waals surface area contributed by atoms with E-state index in [1.165, 1.54) is 0 Å². The molecule has 7 nitrogen and oxygen atoms in total. The Morgan fingerprint density at radius 3 is 2.38 bits per heavy atom. The second-order valence-electron chi connectivity index (χ2n) is 8.72. The average molecular weight is 514 g/mol. The normalized spacial score (nSPS) is 16.8. The number of anilines is 1. The van der Waals surface area contributed by atoms with Crippen LogP contribution in [0, 0.1) is 5.92 Å². The Bertz CT molecular complexity index is 929. The molecule has 1 heterocycles. The van der Waals surface area contributed by atoms with Gasteiger partial charge in [-0.25, -0.2) is 0 Å². The molecular weight excluding hydrogens is 477 g/mol. The fourth-order valence-corrected chi connectivity index (χ4v) is 4.18. The predicted molar refractivity (Wildman–Crippen MR) is 141 cm³/mol. The minimum atomic E-state index is -0.115. The van der Waals surface area contributed by atoms with Gasteiger partial charge in [0, 0.05) is 55.6 Å². The van der Waals surface area contributed by atoms with Crippen molar-refractivity contribution >= 4 is 36.4 Å². The summed E-state index contributed by atoms with van der Waals surface area (Å²) in [5.74, 6) is 1.60. The van der Waals surface area contributed by atoms with Crippen molar-refractivity contribution in [2.75, 3.05) is 45.3 Å². The summed E-state index contributed by atoms with van der Waals surface area (Å²) >= 11 is 0. The first kappa shape index (κ1) is 29.7. The van der Waals surface area contributed by atoms with Gasteiger partial charge in [0.2, 0.25) is 0 Å². The highest BCUT2D eigenvalue weighted by Gasteiger charge is 2.27. The Morgan fingerprint density at radius 2 is 1.79 bits per heavy atom. The highest BCUT2D eigenvalue weighted by atomic mass is 35.5. The number of piperazine rings is 1. The van der Waals surface area contributed by atoms with E-state index in [1.54, 1.807) is 38.5 Å². The van der Waals surface area contributed by atoms with Crippen LogP contribution in [-0.4, -0.2) is 68.4 Å². The molecule has 2 aromatic carbocycles. The quantitative estimate of drug-likeness (QED) is 0.550. The first-order valence-electron chi connectivity index (χ1n) is 11.1. The van der Waals surface area contributed by atoms with Gasteiger partial charge in [0.25, 0.3) is 5.91 Å². The van der Waals surface area contributed by atoms with E-state index in [4.69, 9.17) is 9.47 Å². The lowest BCUT2D eigenvalue weighted by Gasteiger charge is -2.42. The van der Waals surface area contributed by atoms with Crippen LogP contribution in [0.2, 0.25) is 0 Å². The van der Waals surface area contributed by atoms with Crippen molar-refractivity contribution in [3.8, 4) is 17.2 Å². The Balaban J connectivity index is 0.00000289. The number of methoxy groups -OCH3 is 2. The number of amides is 1. The van der Waals surface area contributed by atoms with E-state index < -0.39 is 0 Å². The SMILES string of the molecule is COc1ccc(C(=O)N[C@H](CN2CCN(c3cccc(O)c3)[C@@H](C)C2)C(C)C)cc1OC.Cl.Cl. The lowest BCUT2D eigenvalue weighted by Crippen LogP contribution is -2.56. The third-order valence-corrected chi connectivity index (χ3v) is 6.09. The number of phenolic OH excluding ortho intramolecular Hbond substituents is 1. The van der Waals surface area contributed by atoms with E-state index in [2.05, 4.69) is 35.9 Å². The molecule has 0 unspecified atom stereocenters. The topological polar surface area (TPSA) is 74.3 Å². The maximum atomic E-state index is 12.9. The van der Waals surface area contributed by atoms with Gasteiger partial charge in [-0.2, -0.15) is 0 Å². The van der Waals surface area contributed by atoms with Crippen molar-refractivity contribution in [2.45, 2.75) is 32.9 Å². The van der Waals surface area contributed by atoms with Gasteiger partial charge in [0.15, 0.2) is 11.5 Å². The summed E-state index contributed by atoms with van der Waals surface area (Å²) in [6.45, 7) is 9.91. The van der Waals surface area contributed by atoms with Gasteiger partial charge in [-0.3, -0.25) is 9.69 Å². The summed E-state index contributed by atoms with van der Waals surface area (Å²) < 4.78 is 10.6. The molecule has 1 amide bonds. The molecule has 0 aromatic heterocycles. The Morgan fingerprint density at radius 1 is 1.09 bits per heavy atom. The zero-order chi connectivity index (χ0) is 23.3. The molecule has 0 spiro atoms. The average Bonchev–Trinajstić information content (AvgIpc) is 2.78. The van der Waals surface area contributed by atoms with Crippen LogP contribution in [-0.2, 0) is 0 Å². The van der Waals surface area contributed by atoms with Gasteiger partial charge in [0.1, 0.15) is 5.75 Å². The lowest BCUT2D eigenvalue weighted by atomic mass is 10.0. The number of hydrogen-bond acceptors (Lipinski definition) is 6. The first-order valence-corrected chi connectivity index (χ1v) is 11.1. The fraction of sp³-hybridized carbons (Fsp3) is 0.480. The summed E-state index contributed by atoms with van der Waals surface area (Å²) in [6, 6.07) is 13.0. The number of aromatic hydroxyl groups is 1. The molecule has 2 aromatic rings. The number of carbonyl (C=O) groups is 1. The van der Waals surface area contributed by atoms with Crippen LogP contribution < -0.4 is 19.7 Å². The maximum Gasteiger partial charge on any atom is 0.251 e. The Hall–Kier alpha value is -2.35. The summed E-state index contributed by atoms with van der Waals surface area (Å²) in [4.78, 5) is 17.7. The summed E-state index contributed by atoms with van der Waals surface area (Å²) in [6.07, 6.45) is 0. The van der Waals surface area contributed by atoms with Crippen LogP contribution in [0.5, 0.6) is 17.2 Å². The zero-order valence-corrected chi connectivity index (χ0v) is 22.1. The Labute approximate surface area is 215 Å². The third-order valence-electron chi connectivity index (χ3n) is 6.09. The second kappa shape index (κ2) is 13.5. The van der Waals surface area contributed by atoms with E-state index in [0.717, 1.165) is 31.9 Å². The van der Waals surface area contributed by atoms with Gasteiger partial charge in [-0.05, 0) is 43.2 Å². The molecule has 2 atom stereocenters. The smallest absolute Gasteiger partial charge is 0.251 e. The molecule has 2 N–H and O–H groups in total. The second-order valence-corrected chi connectivity index (χ2v) is 8.72. The molecule has 1 aliphatic rings. The number of rotatable bonds is 8. The first-order chi connectivity index (χ1) is 15.3. The van der Waals surface area contributed by atoms with Crippen LogP contribution in [0.3, 0.4) is 0 Å². The molecular formula is C25H37Cl2N3O4. The van der Waals surface area contributed by atoms with Crippen molar-refractivity contribution in [3.05, 3.63) is 48.0 Å². The van der Waals surface area contributed by atoms with Crippen LogP contribution in [0.1, 0.15) is 31.1 Å². The number of phenols is 1. The van der Waals surface area contributed by atoms with Gasteiger partial charge in [-0.1, -0.05) is 19.9 Å². The zero-order valence-electron chi connectivity index (χ0n) is 20.5. The molecule has 34 heavy (non-hydrogen) atoms. The highest BCUT2D eigenvalue weighted by molar-refractivity contribution is 5.95. The van der Waals surface area contributed by atoms with Crippen molar-refractivity contribution in [2.24, 2.45) is 5.92 Å². The van der Waals surface area contributed by atoms with E-state index >= 15 is 0 Å². The Kier molecular flexibility index (Phi) is 11.8. The number of benzene rings is 2. The number of nitrogens with zero attached hydrogens (tertiary/aromatic N) is 2. The molecule has 190 valence electrons. The largest absolute Gasteiger partial charge is 0.508 e. The summed E-state index contributed by atoms with van der Waals surface area (Å²) in [5, 5.41) is 13.0. The standard InChI is InChI=1S/C25H35N3O4.2ClH/c1-17(2)22(26-25(30)19-9-10-23(31-4)24(13-19)32-5)16-27-11-12-28(18(3)15-27)20-7-6-8-21(29)14-20;;/h6-10,13-14,17-18,22,29H,11-12,15-16H2,1-5H3,(H,26,30);2*1H/t18-,22+;;/m0../s1. The molecule has 0 radical (unpaired) electrons.